The summed E-state index contributed by atoms with van der Waals surface area (Å²) in [7, 11) is 1.08. The average Bonchev–Trinajstić information content (AvgIpc) is 2.77. The van der Waals surface area contributed by atoms with Gasteiger partial charge in [-0.25, -0.2) is 13.6 Å². The highest BCUT2D eigenvalue weighted by Crippen LogP contribution is 2.22. The number of aromatic nitrogens is 2. The Labute approximate surface area is 180 Å². The summed E-state index contributed by atoms with van der Waals surface area (Å²) in [6, 6.07) is 4.28. The first-order valence-electron chi connectivity index (χ1n) is 9.58. The second kappa shape index (κ2) is 12.2. The molecule has 1 amide bonds. The number of carbonyl (C=O) groups is 2. The number of anilines is 2. The molecule has 0 aliphatic carbocycles. The molecule has 2 rings (SSSR count). The largest absolute Gasteiger partial charge is 0.465 e. The Balaban J connectivity index is 0.00000233. The summed E-state index contributed by atoms with van der Waals surface area (Å²) in [5.74, 6) is -3.42. The van der Waals surface area contributed by atoms with Crippen molar-refractivity contribution in [3.05, 3.63) is 72.2 Å². The van der Waals surface area contributed by atoms with E-state index in [1.807, 2.05) is 33.8 Å². The minimum absolute atomic E-state index is 0.0915. The highest BCUT2D eigenvalue weighted by molar-refractivity contribution is 6.07. The molecular formula is C22H26F2N4O3. The Morgan fingerprint density at radius 1 is 1.16 bits per heavy atom. The molecule has 0 spiro atoms. The maximum atomic E-state index is 13.6. The fourth-order valence-corrected chi connectivity index (χ4v) is 2.20. The van der Waals surface area contributed by atoms with E-state index in [0.717, 1.165) is 7.11 Å². The number of allylic oxidation sites excluding steroid dienone is 1. The van der Waals surface area contributed by atoms with Crippen molar-refractivity contribution in [2.24, 2.45) is 5.92 Å². The molecule has 0 aliphatic rings. The first-order chi connectivity index (χ1) is 14.8. The van der Waals surface area contributed by atoms with Crippen LogP contribution in [0, 0.1) is 17.6 Å². The van der Waals surface area contributed by atoms with Crippen molar-refractivity contribution in [1.29, 1.82) is 0 Å². The van der Waals surface area contributed by atoms with Gasteiger partial charge in [-0.3, -0.25) is 4.79 Å². The lowest BCUT2D eigenvalue weighted by molar-refractivity contribution is 0.0601. The second-order valence-corrected chi connectivity index (χ2v) is 6.21. The van der Waals surface area contributed by atoms with Crippen LogP contribution in [0.2, 0.25) is 0 Å². The van der Waals surface area contributed by atoms with Crippen molar-refractivity contribution in [3.8, 4) is 0 Å². The van der Waals surface area contributed by atoms with Gasteiger partial charge in [0.15, 0.2) is 23.1 Å². The van der Waals surface area contributed by atoms with Crippen LogP contribution in [0.15, 0.2) is 49.3 Å². The molecule has 9 heteroatoms. The molecule has 0 atom stereocenters. The van der Waals surface area contributed by atoms with E-state index in [-0.39, 0.29) is 16.9 Å². The quantitative estimate of drug-likeness (QED) is 0.624. The highest BCUT2D eigenvalue weighted by Gasteiger charge is 2.19. The lowest BCUT2D eigenvalue weighted by atomic mass is 10.1. The summed E-state index contributed by atoms with van der Waals surface area (Å²) in [4.78, 5) is 25.8. The van der Waals surface area contributed by atoms with E-state index in [9.17, 15) is 18.4 Å². The number of rotatable bonds is 7. The molecule has 0 saturated heterocycles. The molecule has 31 heavy (non-hydrogen) atoms. The predicted molar refractivity (Wildman–Crippen MR) is 116 cm³/mol. The highest BCUT2D eigenvalue weighted by atomic mass is 19.2. The fourth-order valence-electron chi connectivity index (χ4n) is 2.20. The number of benzene rings is 1. The van der Waals surface area contributed by atoms with Gasteiger partial charge in [0.2, 0.25) is 0 Å². The van der Waals surface area contributed by atoms with E-state index in [4.69, 9.17) is 0 Å². The van der Waals surface area contributed by atoms with Crippen LogP contribution in [0.3, 0.4) is 0 Å². The summed E-state index contributed by atoms with van der Waals surface area (Å²) < 4.78 is 31.5. The van der Waals surface area contributed by atoms with Crippen LogP contribution in [0.5, 0.6) is 0 Å². The standard InChI is InChI=1S/C20H20F2N4O3.C2H6/c1-5-26(9-8-12(2)3)18-7-6-16(24-25-18)19(27)23-17-11-15(22)14(21)10-13(17)20(28)29-4;1-2/h5-12H,1H2,2-4H3,(H,23,27);1-2H3/b9-8-;. The van der Waals surface area contributed by atoms with E-state index in [1.54, 1.807) is 17.2 Å². The zero-order valence-electron chi connectivity index (χ0n) is 18.1. The minimum Gasteiger partial charge on any atom is -0.465 e. The zero-order chi connectivity index (χ0) is 23.6. The van der Waals surface area contributed by atoms with Gasteiger partial charge in [-0.1, -0.05) is 40.3 Å². The van der Waals surface area contributed by atoms with E-state index < -0.39 is 23.5 Å². The SMILES string of the molecule is C=CN(/C=C\C(C)C)c1ccc(C(=O)Nc2cc(F)c(F)cc2C(=O)OC)nn1.CC. The molecule has 1 N–H and O–H groups in total. The number of esters is 1. The van der Waals surface area contributed by atoms with Crippen LogP contribution in [-0.2, 0) is 4.74 Å². The number of hydrogen-bond donors (Lipinski definition) is 1. The molecule has 0 saturated carbocycles. The number of nitrogens with zero attached hydrogens (tertiary/aromatic N) is 3. The Morgan fingerprint density at radius 2 is 1.81 bits per heavy atom. The maximum absolute atomic E-state index is 13.6. The van der Waals surface area contributed by atoms with Crippen LogP contribution in [0.25, 0.3) is 0 Å². The van der Waals surface area contributed by atoms with Gasteiger partial charge >= 0.3 is 5.97 Å². The van der Waals surface area contributed by atoms with Crippen LogP contribution >= 0.6 is 0 Å². The number of nitrogens with one attached hydrogen (secondary N) is 1. The van der Waals surface area contributed by atoms with Crippen molar-refractivity contribution in [3.63, 3.8) is 0 Å². The Hall–Kier alpha value is -3.62. The maximum Gasteiger partial charge on any atom is 0.340 e. The van der Waals surface area contributed by atoms with E-state index >= 15 is 0 Å². The normalized spacial score (nSPS) is 10.3. The van der Waals surface area contributed by atoms with Crippen molar-refractivity contribution in [2.45, 2.75) is 27.7 Å². The minimum atomic E-state index is -1.24. The summed E-state index contributed by atoms with van der Waals surface area (Å²) in [5.41, 5.74) is -0.675. The first-order valence-corrected chi connectivity index (χ1v) is 9.58. The molecule has 0 aliphatic heterocycles. The van der Waals surface area contributed by atoms with Gasteiger partial charge in [-0.05, 0) is 24.1 Å². The topological polar surface area (TPSA) is 84.4 Å². The first kappa shape index (κ1) is 25.4. The number of amides is 1. The van der Waals surface area contributed by atoms with Crippen LogP contribution in [-0.4, -0.2) is 29.2 Å². The van der Waals surface area contributed by atoms with Crippen molar-refractivity contribution in [1.82, 2.24) is 10.2 Å². The number of halogens is 2. The third kappa shape index (κ3) is 6.98. The van der Waals surface area contributed by atoms with Gasteiger partial charge in [0.1, 0.15) is 0 Å². The van der Waals surface area contributed by atoms with Gasteiger partial charge in [0.25, 0.3) is 5.91 Å². The molecule has 0 bridgehead atoms. The van der Waals surface area contributed by atoms with E-state index in [1.165, 1.54) is 12.3 Å². The lowest BCUT2D eigenvalue weighted by Gasteiger charge is -2.14. The van der Waals surface area contributed by atoms with E-state index in [0.29, 0.717) is 23.9 Å². The Kier molecular flexibility index (Phi) is 9.97. The van der Waals surface area contributed by atoms with Crippen LogP contribution < -0.4 is 10.2 Å². The van der Waals surface area contributed by atoms with Crippen molar-refractivity contribution < 1.29 is 23.1 Å². The van der Waals surface area contributed by atoms with Gasteiger partial charge in [0.05, 0.1) is 18.4 Å². The summed E-state index contributed by atoms with van der Waals surface area (Å²) in [5, 5.41) is 10.1. The predicted octanol–water partition coefficient (Wildman–Crippen LogP) is 4.94. The van der Waals surface area contributed by atoms with Gasteiger partial charge in [-0.2, -0.15) is 0 Å². The number of methoxy groups -OCH3 is 1. The smallest absolute Gasteiger partial charge is 0.340 e. The molecular weight excluding hydrogens is 406 g/mol. The molecule has 0 unspecified atom stereocenters. The molecule has 1 aromatic heterocycles. The second-order valence-electron chi connectivity index (χ2n) is 6.21. The van der Waals surface area contributed by atoms with Crippen molar-refractivity contribution >= 4 is 23.4 Å². The zero-order valence-corrected chi connectivity index (χ0v) is 18.1. The Morgan fingerprint density at radius 3 is 2.32 bits per heavy atom. The Bertz CT molecular complexity index is 945. The fraction of sp³-hybridized carbons (Fsp3) is 0.273. The summed E-state index contributed by atoms with van der Waals surface area (Å²) in [6.07, 6.45) is 5.24. The van der Waals surface area contributed by atoms with Gasteiger partial charge in [0, 0.05) is 18.5 Å². The molecule has 1 heterocycles. The van der Waals surface area contributed by atoms with E-state index in [2.05, 4.69) is 26.8 Å². The molecule has 166 valence electrons. The van der Waals surface area contributed by atoms with Gasteiger partial charge in [-0.15, -0.1) is 10.2 Å². The van der Waals surface area contributed by atoms with Crippen LogP contribution in [0.1, 0.15) is 48.5 Å². The third-order valence-corrected chi connectivity index (χ3v) is 3.69. The lowest BCUT2D eigenvalue weighted by Crippen LogP contribution is -2.18. The molecule has 2 aromatic rings. The van der Waals surface area contributed by atoms with Crippen molar-refractivity contribution in [2.75, 3.05) is 17.3 Å². The third-order valence-electron chi connectivity index (χ3n) is 3.69. The molecule has 0 fully saturated rings. The molecule has 1 aromatic carbocycles. The number of hydrogen-bond acceptors (Lipinski definition) is 6. The number of ether oxygens (including phenoxy) is 1. The van der Waals surface area contributed by atoms with Gasteiger partial charge < -0.3 is 15.0 Å². The summed E-state index contributed by atoms with van der Waals surface area (Å²) in [6.45, 7) is 11.7. The molecule has 0 radical (unpaired) electrons. The average molecular weight is 432 g/mol. The molecule has 7 nitrogen and oxygen atoms in total. The number of carbonyl (C=O) groups excluding carboxylic acids is 2. The monoisotopic (exact) mass is 432 g/mol. The van der Waals surface area contributed by atoms with Crippen LogP contribution in [0.4, 0.5) is 20.3 Å². The summed E-state index contributed by atoms with van der Waals surface area (Å²) >= 11 is 0.